The third kappa shape index (κ3) is 5.93. The molecule has 8 heteroatoms. The summed E-state index contributed by atoms with van der Waals surface area (Å²) in [6, 6.07) is 19.1. The van der Waals surface area contributed by atoms with Crippen LogP contribution in [-0.2, 0) is 6.61 Å². The number of amides is 2. The Morgan fingerprint density at radius 2 is 1.81 bits per heavy atom. The van der Waals surface area contributed by atoms with E-state index in [0.29, 0.717) is 22.6 Å². The van der Waals surface area contributed by atoms with Crippen LogP contribution in [0, 0.1) is 0 Å². The average molecular weight is 482 g/mol. The Bertz CT molecular complexity index is 1110. The van der Waals surface area contributed by atoms with Crippen molar-refractivity contribution in [1.82, 2.24) is 5.43 Å². The molecule has 0 aliphatic carbocycles. The molecule has 0 heterocycles. The van der Waals surface area contributed by atoms with Crippen LogP contribution in [0.2, 0.25) is 0 Å². The van der Waals surface area contributed by atoms with Crippen molar-refractivity contribution in [3.8, 4) is 11.5 Å². The minimum absolute atomic E-state index is 0.153. The summed E-state index contributed by atoms with van der Waals surface area (Å²) in [5, 5.41) is 4.01. The maximum Gasteiger partial charge on any atom is 0.271 e. The SMILES string of the molecule is COc1ccc(/C=N/NC(=O)c2ccc(Br)cc2)cc1COc1ccccc1C(N)=O. The molecule has 0 fully saturated rings. The van der Waals surface area contributed by atoms with Gasteiger partial charge in [-0.2, -0.15) is 5.10 Å². The number of methoxy groups -OCH3 is 1. The Morgan fingerprint density at radius 1 is 1.06 bits per heavy atom. The van der Waals surface area contributed by atoms with Crippen LogP contribution in [0.4, 0.5) is 0 Å². The maximum atomic E-state index is 12.1. The van der Waals surface area contributed by atoms with E-state index in [0.717, 1.165) is 15.6 Å². The first-order chi connectivity index (χ1) is 15.0. The Balaban J connectivity index is 1.70. The molecule has 0 saturated carbocycles. The standard InChI is InChI=1S/C23H20BrN3O4/c1-30-20-11-6-15(13-26-27-23(29)16-7-9-18(24)10-8-16)12-17(20)14-31-21-5-3-2-4-19(21)22(25)28/h2-13H,14H2,1H3,(H2,25,28)(H,27,29)/b26-13+. The fourth-order valence-electron chi connectivity index (χ4n) is 2.77. The van der Waals surface area contributed by atoms with Gasteiger partial charge in [-0.15, -0.1) is 0 Å². The fraction of sp³-hybridized carbons (Fsp3) is 0.0870. The number of hydrogen-bond donors (Lipinski definition) is 2. The molecule has 0 unspecified atom stereocenters. The molecular weight excluding hydrogens is 462 g/mol. The highest BCUT2D eigenvalue weighted by Crippen LogP contribution is 2.24. The van der Waals surface area contributed by atoms with E-state index in [2.05, 4.69) is 26.5 Å². The average Bonchev–Trinajstić information content (AvgIpc) is 2.78. The first kappa shape index (κ1) is 22.0. The van der Waals surface area contributed by atoms with Crippen LogP contribution in [-0.4, -0.2) is 25.1 Å². The largest absolute Gasteiger partial charge is 0.496 e. The maximum absolute atomic E-state index is 12.1. The number of hydrazone groups is 1. The summed E-state index contributed by atoms with van der Waals surface area (Å²) in [6.07, 6.45) is 1.52. The van der Waals surface area contributed by atoms with Crippen LogP contribution in [0.25, 0.3) is 0 Å². The Labute approximate surface area is 188 Å². The van der Waals surface area contributed by atoms with Crippen LogP contribution in [0.5, 0.6) is 11.5 Å². The van der Waals surface area contributed by atoms with E-state index in [4.69, 9.17) is 15.2 Å². The molecule has 0 aromatic heterocycles. The van der Waals surface area contributed by atoms with E-state index in [1.807, 2.05) is 6.07 Å². The molecule has 3 rings (SSSR count). The van der Waals surface area contributed by atoms with Crippen molar-refractivity contribution in [2.45, 2.75) is 6.61 Å². The molecule has 3 aromatic rings. The Morgan fingerprint density at radius 3 is 2.52 bits per heavy atom. The second-order valence-electron chi connectivity index (χ2n) is 6.43. The van der Waals surface area contributed by atoms with E-state index in [1.165, 1.54) is 6.21 Å². The molecule has 31 heavy (non-hydrogen) atoms. The van der Waals surface area contributed by atoms with Crippen molar-refractivity contribution < 1.29 is 19.1 Å². The van der Waals surface area contributed by atoms with Gasteiger partial charge in [-0.25, -0.2) is 5.43 Å². The van der Waals surface area contributed by atoms with Crippen LogP contribution in [0.15, 0.2) is 76.3 Å². The normalized spacial score (nSPS) is 10.6. The van der Waals surface area contributed by atoms with E-state index in [-0.39, 0.29) is 12.5 Å². The zero-order valence-electron chi connectivity index (χ0n) is 16.7. The number of ether oxygens (including phenoxy) is 2. The predicted molar refractivity (Wildman–Crippen MR) is 121 cm³/mol. The van der Waals surface area contributed by atoms with Gasteiger partial charge in [-0.1, -0.05) is 28.1 Å². The third-order valence-electron chi connectivity index (χ3n) is 4.33. The second-order valence-corrected chi connectivity index (χ2v) is 7.34. The molecule has 0 spiro atoms. The molecule has 0 radical (unpaired) electrons. The number of primary amides is 1. The van der Waals surface area contributed by atoms with Crippen molar-refractivity contribution in [1.29, 1.82) is 0 Å². The summed E-state index contributed by atoms with van der Waals surface area (Å²) in [7, 11) is 1.56. The van der Waals surface area contributed by atoms with E-state index >= 15 is 0 Å². The van der Waals surface area contributed by atoms with Crippen LogP contribution in [0.1, 0.15) is 31.8 Å². The van der Waals surface area contributed by atoms with Gasteiger partial charge in [0, 0.05) is 15.6 Å². The lowest BCUT2D eigenvalue weighted by molar-refractivity contribution is 0.0953. The number of rotatable bonds is 8. The van der Waals surface area contributed by atoms with Gasteiger partial charge in [-0.3, -0.25) is 9.59 Å². The number of benzene rings is 3. The first-order valence-electron chi connectivity index (χ1n) is 9.25. The Kier molecular flexibility index (Phi) is 7.40. The fourth-order valence-corrected chi connectivity index (χ4v) is 3.04. The minimum atomic E-state index is -0.565. The lowest BCUT2D eigenvalue weighted by Gasteiger charge is -2.12. The van der Waals surface area contributed by atoms with E-state index in [9.17, 15) is 9.59 Å². The molecule has 3 N–H and O–H groups in total. The molecule has 0 aliphatic rings. The van der Waals surface area contributed by atoms with Gasteiger partial charge in [0.25, 0.3) is 11.8 Å². The second kappa shape index (κ2) is 10.4. The third-order valence-corrected chi connectivity index (χ3v) is 4.85. The van der Waals surface area contributed by atoms with Crippen LogP contribution >= 0.6 is 15.9 Å². The zero-order valence-corrected chi connectivity index (χ0v) is 18.3. The van der Waals surface area contributed by atoms with E-state index < -0.39 is 5.91 Å². The van der Waals surface area contributed by atoms with Crippen molar-refractivity contribution in [2.24, 2.45) is 10.8 Å². The van der Waals surface area contributed by atoms with E-state index in [1.54, 1.807) is 67.8 Å². The highest BCUT2D eigenvalue weighted by Gasteiger charge is 2.11. The van der Waals surface area contributed by atoms with Gasteiger partial charge in [0.2, 0.25) is 0 Å². The van der Waals surface area contributed by atoms with Gasteiger partial charge in [0.15, 0.2) is 0 Å². The lowest BCUT2D eigenvalue weighted by atomic mass is 10.1. The van der Waals surface area contributed by atoms with Gasteiger partial charge in [-0.05, 0) is 60.2 Å². The van der Waals surface area contributed by atoms with Crippen LogP contribution < -0.4 is 20.6 Å². The highest BCUT2D eigenvalue weighted by molar-refractivity contribution is 9.10. The summed E-state index contributed by atoms with van der Waals surface area (Å²) < 4.78 is 12.1. The number of nitrogens with two attached hydrogens (primary N) is 1. The molecule has 2 amide bonds. The van der Waals surface area contributed by atoms with Crippen molar-refractivity contribution in [3.63, 3.8) is 0 Å². The number of para-hydroxylation sites is 1. The lowest BCUT2D eigenvalue weighted by Crippen LogP contribution is -2.17. The van der Waals surface area contributed by atoms with Crippen LogP contribution in [0.3, 0.4) is 0 Å². The molecule has 0 aliphatic heterocycles. The molecular formula is C23H20BrN3O4. The quantitative estimate of drug-likeness (QED) is 0.376. The van der Waals surface area contributed by atoms with Crippen molar-refractivity contribution in [3.05, 3.63) is 93.5 Å². The first-order valence-corrected chi connectivity index (χ1v) is 10.0. The number of carbonyl (C=O) groups excluding carboxylic acids is 2. The summed E-state index contributed by atoms with van der Waals surface area (Å²) in [5.74, 6) is 0.124. The summed E-state index contributed by atoms with van der Waals surface area (Å²) in [4.78, 5) is 23.7. The van der Waals surface area contributed by atoms with Gasteiger partial charge in [0.05, 0.1) is 18.9 Å². The monoisotopic (exact) mass is 481 g/mol. The van der Waals surface area contributed by atoms with Gasteiger partial charge in [0.1, 0.15) is 18.1 Å². The molecule has 158 valence electrons. The number of carbonyl (C=O) groups is 2. The smallest absolute Gasteiger partial charge is 0.271 e. The number of hydrogen-bond acceptors (Lipinski definition) is 5. The number of nitrogens with zero attached hydrogens (tertiary/aromatic N) is 1. The number of halogens is 1. The summed E-state index contributed by atoms with van der Waals surface area (Å²) in [6.45, 7) is 0.153. The summed E-state index contributed by atoms with van der Waals surface area (Å²) in [5.41, 5.74) is 10.2. The molecule has 0 atom stereocenters. The molecule has 7 nitrogen and oxygen atoms in total. The zero-order chi connectivity index (χ0) is 22.2. The molecule has 3 aromatic carbocycles. The highest BCUT2D eigenvalue weighted by atomic mass is 79.9. The molecule has 0 saturated heterocycles. The minimum Gasteiger partial charge on any atom is -0.496 e. The van der Waals surface area contributed by atoms with Crippen molar-refractivity contribution in [2.75, 3.05) is 7.11 Å². The predicted octanol–water partition coefficient (Wildman–Crippen LogP) is 3.90. The van der Waals surface area contributed by atoms with Gasteiger partial charge < -0.3 is 15.2 Å². The molecule has 0 bridgehead atoms. The number of nitrogens with one attached hydrogen (secondary N) is 1. The Hall–Kier alpha value is -3.65. The van der Waals surface area contributed by atoms with Gasteiger partial charge >= 0.3 is 0 Å². The van der Waals surface area contributed by atoms with Crippen molar-refractivity contribution >= 4 is 34.0 Å². The summed E-state index contributed by atoms with van der Waals surface area (Å²) >= 11 is 3.33. The topological polar surface area (TPSA) is 103 Å².